The predicted molar refractivity (Wildman–Crippen MR) is 69.7 cm³/mol. The predicted octanol–water partition coefficient (Wildman–Crippen LogP) is 1.12. The molecule has 0 unspecified atom stereocenters. The second-order valence-corrected chi connectivity index (χ2v) is 4.15. The molecule has 1 rings (SSSR count). The number of aromatic nitrogens is 2. The summed E-state index contributed by atoms with van der Waals surface area (Å²) in [5.74, 6) is 1.63. The SMILES string of the molecule is CCOc1cc(NCC(=O)NC(C)C)nc(C)n1. The van der Waals surface area contributed by atoms with Gasteiger partial charge in [0.1, 0.15) is 11.6 Å². The maximum atomic E-state index is 11.5. The fourth-order valence-corrected chi connectivity index (χ4v) is 1.40. The molecule has 0 saturated carbocycles. The van der Waals surface area contributed by atoms with E-state index in [2.05, 4.69) is 20.6 Å². The minimum Gasteiger partial charge on any atom is -0.478 e. The van der Waals surface area contributed by atoms with Crippen molar-refractivity contribution in [1.82, 2.24) is 15.3 Å². The zero-order valence-electron chi connectivity index (χ0n) is 11.3. The standard InChI is InChI=1S/C12H20N4O2/c1-5-18-12-6-10(15-9(4)16-12)13-7-11(17)14-8(2)3/h6,8H,5,7H2,1-4H3,(H,14,17)(H,13,15,16). The van der Waals surface area contributed by atoms with E-state index >= 15 is 0 Å². The summed E-state index contributed by atoms with van der Waals surface area (Å²) in [5.41, 5.74) is 0. The smallest absolute Gasteiger partial charge is 0.239 e. The lowest BCUT2D eigenvalue weighted by Gasteiger charge is -2.10. The Bertz CT molecular complexity index is 407. The van der Waals surface area contributed by atoms with Crippen LogP contribution in [-0.4, -0.2) is 35.1 Å². The van der Waals surface area contributed by atoms with Crippen LogP contribution in [0.15, 0.2) is 6.07 Å². The Labute approximate surface area is 107 Å². The number of aryl methyl sites for hydroxylation is 1. The largest absolute Gasteiger partial charge is 0.478 e. The number of anilines is 1. The molecule has 0 aliphatic rings. The second kappa shape index (κ2) is 6.78. The monoisotopic (exact) mass is 252 g/mol. The van der Waals surface area contributed by atoms with Gasteiger partial charge >= 0.3 is 0 Å². The van der Waals surface area contributed by atoms with Gasteiger partial charge in [0, 0.05) is 12.1 Å². The fraction of sp³-hybridized carbons (Fsp3) is 0.583. The maximum absolute atomic E-state index is 11.5. The minimum absolute atomic E-state index is 0.0702. The second-order valence-electron chi connectivity index (χ2n) is 4.15. The summed E-state index contributed by atoms with van der Waals surface area (Å²) in [5, 5.41) is 5.74. The first-order valence-corrected chi connectivity index (χ1v) is 6.03. The van der Waals surface area contributed by atoms with Gasteiger partial charge in [0.2, 0.25) is 11.8 Å². The molecule has 6 nitrogen and oxygen atoms in total. The Balaban J connectivity index is 2.58. The average Bonchev–Trinajstić information content (AvgIpc) is 2.25. The van der Waals surface area contributed by atoms with Crippen LogP contribution < -0.4 is 15.4 Å². The molecule has 0 aliphatic heterocycles. The van der Waals surface area contributed by atoms with Crippen molar-refractivity contribution in [2.75, 3.05) is 18.5 Å². The molecule has 1 aromatic heterocycles. The number of ether oxygens (including phenoxy) is 1. The molecule has 0 spiro atoms. The van der Waals surface area contributed by atoms with E-state index < -0.39 is 0 Å². The van der Waals surface area contributed by atoms with Gasteiger partial charge in [0.05, 0.1) is 13.2 Å². The van der Waals surface area contributed by atoms with Crippen LogP contribution in [0, 0.1) is 6.92 Å². The quantitative estimate of drug-likeness (QED) is 0.793. The molecule has 0 bridgehead atoms. The van der Waals surface area contributed by atoms with Gasteiger partial charge < -0.3 is 15.4 Å². The molecule has 2 N–H and O–H groups in total. The van der Waals surface area contributed by atoms with E-state index in [-0.39, 0.29) is 18.5 Å². The molecule has 0 saturated heterocycles. The van der Waals surface area contributed by atoms with Crippen molar-refractivity contribution in [2.45, 2.75) is 33.7 Å². The van der Waals surface area contributed by atoms with Crippen LogP contribution >= 0.6 is 0 Å². The number of hydrogen-bond donors (Lipinski definition) is 2. The lowest BCUT2D eigenvalue weighted by Crippen LogP contribution is -2.35. The fourth-order valence-electron chi connectivity index (χ4n) is 1.40. The van der Waals surface area contributed by atoms with Crippen LogP contribution in [0.25, 0.3) is 0 Å². The van der Waals surface area contributed by atoms with Crippen molar-refractivity contribution < 1.29 is 9.53 Å². The molecule has 0 aliphatic carbocycles. The number of rotatable bonds is 6. The van der Waals surface area contributed by atoms with E-state index in [0.29, 0.717) is 24.1 Å². The highest BCUT2D eigenvalue weighted by Crippen LogP contribution is 2.12. The maximum Gasteiger partial charge on any atom is 0.239 e. The van der Waals surface area contributed by atoms with E-state index in [1.165, 1.54) is 0 Å². The van der Waals surface area contributed by atoms with E-state index in [0.717, 1.165) is 0 Å². The van der Waals surface area contributed by atoms with Gasteiger partial charge in [-0.3, -0.25) is 4.79 Å². The molecular weight excluding hydrogens is 232 g/mol. The molecule has 18 heavy (non-hydrogen) atoms. The number of nitrogens with zero attached hydrogens (tertiary/aromatic N) is 2. The Morgan fingerprint density at radius 3 is 2.78 bits per heavy atom. The Morgan fingerprint density at radius 1 is 1.44 bits per heavy atom. The summed E-state index contributed by atoms with van der Waals surface area (Å²) in [6, 6.07) is 1.81. The summed E-state index contributed by atoms with van der Waals surface area (Å²) in [6.45, 7) is 8.23. The number of hydrogen-bond acceptors (Lipinski definition) is 5. The lowest BCUT2D eigenvalue weighted by atomic mass is 10.4. The first-order valence-electron chi connectivity index (χ1n) is 6.03. The molecule has 0 aromatic carbocycles. The summed E-state index contributed by atoms with van der Waals surface area (Å²) in [7, 11) is 0. The number of carbonyl (C=O) groups excluding carboxylic acids is 1. The summed E-state index contributed by atoms with van der Waals surface area (Å²) in [6.07, 6.45) is 0. The van der Waals surface area contributed by atoms with Crippen LogP contribution in [0.4, 0.5) is 5.82 Å². The number of nitrogens with one attached hydrogen (secondary N) is 2. The number of amides is 1. The Hall–Kier alpha value is -1.85. The molecular formula is C12H20N4O2. The van der Waals surface area contributed by atoms with Crippen LogP contribution in [0.1, 0.15) is 26.6 Å². The number of carbonyl (C=O) groups is 1. The molecule has 1 aromatic rings. The van der Waals surface area contributed by atoms with Gasteiger partial charge in [-0.1, -0.05) is 0 Å². The van der Waals surface area contributed by atoms with Crippen molar-refractivity contribution in [3.05, 3.63) is 11.9 Å². The van der Waals surface area contributed by atoms with Crippen LogP contribution in [-0.2, 0) is 4.79 Å². The topological polar surface area (TPSA) is 76.1 Å². The summed E-state index contributed by atoms with van der Waals surface area (Å²) >= 11 is 0. The third kappa shape index (κ3) is 4.99. The van der Waals surface area contributed by atoms with Crippen molar-refractivity contribution in [1.29, 1.82) is 0 Å². The first kappa shape index (κ1) is 14.2. The van der Waals surface area contributed by atoms with Gasteiger partial charge in [0.25, 0.3) is 0 Å². The van der Waals surface area contributed by atoms with Crippen molar-refractivity contribution in [3.63, 3.8) is 0 Å². The van der Waals surface area contributed by atoms with Gasteiger partial charge in [-0.15, -0.1) is 0 Å². The Kier molecular flexibility index (Phi) is 5.35. The van der Waals surface area contributed by atoms with Crippen LogP contribution in [0.2, 0.25) is 0 Å². The van der Waals surface area contributed by atoms with Crippen LogP contribution in [0.3, 0.4) is 0 Å². The molecule has 0 fully saturated rings. The highest BCUT2D eigenvalue weighted by molar-refractivity contribution is 5.80. The van der Waals surface area contributed by atoms with E-state index in [9.17, 15) is 4.79 Å². The zero-order chi connectivity index (χ0) is 13.5. The summed E-state index contributed by atoms with van der Waals surface area (Å²) in [4.78, 5) is 19.8. The van der Waals surface area contributed by atoms with E-state index in [4.69, 9.17) is 4.74 Å². The molecule has 1 amide bonds. The third-order valence-electron chi connectivity index (χ3n) is 1.99. The normalized spacial score (nSPS) is 10.3. The Morgan fingerprint density at radius 2 is 2.17 bits per heavy atom. The van der Waals surface area contributed by atoms with Gasteiger partial charge in [-0.25, -0.2) is 4.98 Å². The highest BCUT2D eigenvalue weighted by atomic mass is 16.5. The summed E-state index contributed by atoms with van der Waals surface area (Å²) < 4.78 is 5.31. The van der Waals surface area contributed by atoms with E-state index in [1.807, 2.05) is 20.8 Å². The first-order chi connectivity index (χ1) is 8.51. The van der Waals surface area contributed by atoms with Gasteiger partial charge in [-0.05, 0) is 27.7 Å². The van der Waals surface area contributed by atoms with Crippen molar-refractivity contribution in [2.24, 2.45) is 0 Å². The molecule has 1 heterocycles. The van der Waals surface area contributed by atoms with Gasteiger partial charge in [-0.2, -0.15) is 4.98 Å². The van der Waals surface area contributed by atoms with Crippen LogP contribution in [0.5, 0.6) is 5.88 Å². The van der Waals surface area contributed by atoms with Gasteiger partial charge in [0.15, 0.2) is 0 Å². The molecule has 6 heteroatoms. The minimum atomic E-state index is -0.0702. The highest BCUT2D eigenvalue weighted by Gasteiger charge is 2.06. The van der Waals surface area contributed by atoms with Crippen molar-refractivity contribution >= 4 is 11.7 Å². The van der Waals surface area contributed by atoms with E-state index in [1.54, 1.807) is 13.0 Å². The van der Waals surface area contributed by atoms with Crippen molar-refractivity contribution in [3.8, 4) is 5.88 Å². The molecule has 0 atom stereocenters. The third-order valence-corrected chi connectivity index (χ3v) is 1.99. The molecule has 100 valence electrons. The molecule has 0 radical (unpaired) electrons. The average molecular weight is 252 g/mol. The lowest BCUT2D eigenvalue weighted by molar-refractivity contribution is -0.119. The zero-order valence-corrected chi connectivity index (χ0v) is 11.3.